The molecule has 5 heteroatoms. The zero-order valence-corrected chi connectivity index (χ0v) is 17.3. The van der Waals surface area contributed by atoms with E-state index in [1.54, 1.807) is 0 Å². The van der Waals surface area contributed by atoms with Gasteiger partial charge in [0.15, 0.2) is 0 Å². The van der Waals surface area contributed by atoms with E-state index in [-0.39, 0.29) is 5.41 Å². The number of hydrogen-bond acceptors (Lipinski definition) is 3. The lowest BCUT2D eigenvalue weighted by molar-refractivity contribution is 0.0663. The Morgan fingerprint density at radius 2 is 2.00 bits per heavy atom. The zero-order valence-electron chi connectivity index (χ0n) is 15.8. The lowest BCUT2D eigenvalue weighted by Crippen LogP contribution is -2.66. The van der Waals surface area contributed by atoms with Gasteiger partial charge in [0.05, 0.1) is 10.0 Å². The fraction of sp³-hybridized carbons (Fsp3) is 0.455. The van der Waals surface area contributed by atoms with Gasteiger partial charge in [-0.05, 0) is 80.4 Å². The van der Waals surface area contributed by atoms with Crippen LogP contribution in [-0.2, 0) is 18.3 Å². The molecule has 0 aromatic heterocycles. The van der Waals surface area contributed by atoms with E-state index in [2.05, 4.69) is 30.3 Å². The van der Waals surface area contributed by atoms with Gasteiger partial charge < -0.3 is 15.3 Å². The molecule has 0 radical (unpaired) electrons. The van der Waals surface area contributed by atoms with Crippen LogP contribution in [0.4, 0.5) is 0 Å². The van der Waals surface area contributed by atoms with E-state index in [1.165, 1.54) is 16.7 Å². The number of likely N-dealkylation sites (N-methyl/N-ethyl adjacent to an activating group) is 1. The van der Waals surface area contributed by atoms with Gasteiger partial charge in [0.1, 0.15) is 5.75 Å². The molecule has 2 aromatic rings. The molecule has 2 aliphatic rings. The van der Waals surface area contributed by atoms with Gasteiger partial charge in [0.2, 0.25) is 0 Å². The molecule has 1 saturated heterocycles. The highest BCUT2D eigenvalue weighted by molar-refractivity contribution is 6.42. The minimum Gasteiger partial charge on any atom is -0.508 e. The van der Waals surface area contributed by atoms with E-state index in [0.717, 1.165) is 32.4 Å². The van der Waals surface area contributed by atoms with Crippen LogP contribution in [0, 0.1) is 0 Å². The number of nitrogens with one attached hydrogen (secondary N) is 1. The van der Waals surface area contributed by atoms with Crippen LogP contribution in [-0.4, -0.2) is 42.2 Å². The van der Waals surface area contributed by atoms with Crippen molar-refractivity contribution in [3.8, 4) is 5.75 Å². The van der Waals surface area contributed by atoms with E-state index in [4.69, 9.17) is 23.2 Å². The largest absolute Gasteiger partial charge is 0.508 e. The number of benzene rings is 2. The number of aromatic hydroxyl groups is 1. The molecule has 2 bridgehead atoms. The van der Waals surface area contributed by atoms with Crippen LogP contribution in [0.15, 0.2) is 36.4 Å². The summed E-state index contributed by atoms with van der Waals surface area (Å²) < 4.78 is 0. The van der Waals surface area contributed by atoms with Crippen molar-refractivity contribution in [3.63, 3.8) is 0 Å². The average molecular weight is 405 g/mol. The lowest BCUT2D eigenvalue weighted by atomic mass is 9.61. The third-order valence-electron chi connectivity index (χ3n) is 6.52. The summed E-state index contributed by atoms with van der Waals surface area (Å²) in [5.41, 5.74) is 3.89. The summed E-state index contributed by atoms with van der Waals surface area (Å²) in [5, 5.41) is 15.1. The highest BCUT2D eigenvalue weighted by Gasteiger charge is 2.49. The van der Waals surface area contributed by atoms with Gasteiger partial charge in [0.25, 0.3) is 0 Å². The summed E-state index contributed by atoms with van der Waals surface area (Å²) in [4.78, 5) is 2.48. The maximum atomic E-state index is 10.1. The first kappa shape index (κ1) is 19.1. The molecule has 0 unspecified atom stereocenters. The summed E-state index contributed by atoms with van der Waals surface area (Å²) in [7, 11) is 2.23. The molecule has 3 nitrogen and oxygen atoms in total. The number of fused-ring (bicyclic) bond motifs is 4. The molecular weight excluding hydrogens is 379 g/mol. The Kier molecular flexibility index (Phi) is 5.15. The second-order valence-corrected chi connectivity index (χ2v) is 9.01. The Bertz CT molecular complexity index is 856. The fourth-order valence-corrected chi connectivity index (χ4v) is 5.23. The summed E-state index contributed by atoms with van der Waals surface area (Å²) in [6.07, 6.45) is 3.01. The van der Waals surface area contributed by atoms with Crippen molar-refractivity contribution in [2.24, 2.45) is 0 Å². The standard InChI is InChI=1S/C22H26Cl2N2O/c1-22-8-10-26(2)20(12-15-4-5-16(27)13-17(15)22)21(22)25-9-7-14-3-6-18(23)19(24)11-14/h3-6,11,13,20-21,25,27H,7-10,12H2,1-2H3/t20-,21-,22-/m1/s1. The number of phenolic OH excluding ortho intramolecular Hbond substituents is 1. The number of halogens is 2. The fourth-order valence-electron chi connectivity index (χ4n) is 4.91. The molecule has 1 fully saturated rings. The van der Waals surface area contributed by atoms with Crippen molar-refractivity contribution in [1.29, 1.82) is 0 Å². The van der Waals surface area contributed by atoms with Crippen LogP contribution in [0.3, 0.4) is 0 Å². The molecule has 0 saturated carbocycles. The summed E-state index contributed by atoms with van der Waals surface area (Å²) in [6, 6.07) is 12.6. The maximum Gasteiger partial charge on any atom is 0.115 e. The number of phenols is 1. The summed E-state index contributed by atoms with van der Waals surface area (Å²) in [5.74, 6) is 0.363. The number of likely N-dealkylation sites (tertiary alicyclic amines) is 1. The van der Waals surface area contributed by atoms with E-state index < -0.39 is 0 Å². The van der Waals surface area contributed by atoms with Crippen molar-refractivity contribution in [2.75, 3.05) is 20.1 Å². The van der Waals surface area contributed by atoms with Gasteiger partial charge in [-0.3, -0.25) is 0 Å². The lowest BCUT2D eigenvalue weighted by Gasteiger charge is -2.55. The van der Waals surface area contributed by atoms with Gasteiger partial charge in [0, 0.05) is 17.5 Å². The third kappa shape index (κ3) is 3.47. The molecule has 27 heavy (non-hydrogen) atoms. The van der Waals surface area contributed by atoms with Gasteiger partial charge >= 0.3 is 0 Å². The third-order valence-corrected chi connectivity index (χ3v) is 7.26. The second kappa shape index (κ2) is 7.29. The molecule has 2 aromatic carbocycles. The van der Waals surface area contributed by atoms with E-state index in [9.17, 15) is 5.11 Å². The van der Waals surface area contributed by atoms with Crippen molar-refractivity contribution in [1.82, 2.24) is 10.2 Å². The van der Waals surface area contributed by atoms with Crippen LogP contribution in [0.2, 0.25) is 10.0 Å². The molecular formula is C22H26Cl2N2O. The van der Waals surface area contributed by atoms with Crippen LogP contribution < -0.4 is 5.32 Å². The summed E-state index contributed by atoms with van der Waals surface area (Å²) >= 11 is 12.2. The quantitative estimate of drug-likeness (QED) is 0.791. The highest BCUT2D eigenvalue weighted by atomic mass is 35.5. The van der Waals surface area contributed by atoms with Gasteiger partial charge in [-0.1, -0.05) is 42.3 Å². The predicted octanol–water partition coefficient (Wildman–Crippen LogP) is 4.42. The Hall–Kier alpha value is -1.26. The van der Waals surface area contributed by atoms with E-state index in [1.807, 2.05) is 30.3 Å². The number of hydrogen-bond donors (Lipinski definition) is 2. The maximum absolute atomic E-state index is 10.1. The molecule has 1 heterocycles. The summed E-state index contributed by atoms with van der Waals surface area (Å²) in [6.45, 7) is 4.32. The van der Waals surface area contributed by atoms with Gasteiger partial charge in [-0.25, -0.2) is 0 Å². The Labute approximate surface area is 171 Å². The van der Waals surface area contributed by atoms with Crippen LogP contribution in [0.25, 0.3) is 0 Å². The van der Waals surface area contributed by atoms with Crippen molar-refractivity contribution in [3.05, 3.63) is 63.1 Å². The average Bonchev–Trinajstić information content (AvgIpc) is 2.64. The monoisotopic (exact) mass is 404 g/mol. The first-order valence-electron chi connectivity index (χ1n) is 9.58. The van der Waals surface area contributed by atoms with E-state index in [0.29, 0.717) is 27.9 Å². The number of nitrogens with zero attached hydrogens (tertiary/aromatic N) is 1. The van der Waals surface area contributed by atoms with Gasteiger partial charge in [-0.2, -0.15) is 0 Å². The molecule has 3 atom stereocenters. The SMILES string of the molecule is CN1CC[C@]2(C)c3cc(O)ccc3C[C@@H]1[C@H]2NCCc1ccc(Cl)c(Cl)c1. The number of rotatable bonds is 4. The van der Waals surface area contributed by atoms with Crippen molar-refractivity contribution in [2.45, 2.75) is 43.7 Å². The van der Waals surface area contributed by atoms with Crippen LogP contribution in [0.1, 0.15) is 30.0 Å². The minimum absolute atomic E-state index is 0.0289. The molecule has 0 amide bonds. The molecule has 4 rings (SSSR count). The van der Waals surface area contributed by atoms with Crippen molar-refractivity contribution >= 4 is 23.2 Å². The Morgan fingerprint density at radius 1 is 1.19 bits per heavy atom. The second-order valence-electron chi connectivity index (χ2n) is 8.19. The Balaban J connectivity index is 1.55. The Morgan fingerprint density at radius 3 is 2.78 bits per heavy atom. The topological polar surface area (TPSA) is 35.5 Å². The number of piperidine rings is 1. The van der Waals surface area contributed by atoms with Crippen LogP contribution >= 0.6 is 23.2 Å². The van der Waals surface area contributed by atoms with Crippen LogP contribution in [0.5, 0.6) is 5.75 Å². The highest BCUT2D eigenvalue weighted by Crippen LogP contribution is 2.45. The smallest absolute Gasteiger partial charge is 0.115 e. The molecule has 1 aliphatic carbocycles. The molecule has 144 valence electrons. The minimum atomic E-state index is 0.0289. The zero-order chi connectivity index (χ0) is 19.2. The first-order valence-corrected chi connectivity index (χ1v) is 10.3. The first-order chi connectivity index (χ1) is 12.9. The van der Waals surface area contributed by atoms with E-state index >= 15 is 0 Å². The molecule has 0 spiro atoms. The predicted molar refractivity (Wildman–Crippen MR) is 112 cm³/mol. The molecule has 1 aliphatic heterocycles. The van der Waals surface area contributed by atoms with Crippen molar-refractivity contribution < 1.29 is 5.11 Å². The molecule has 2 N–H and O–H groups in total. The van der Waals surface area contributed by atoms with Gasteiger partial charge in [-0.15, -0.1) is 0 Å². The normalized spacial score (nSPS) is 27.4.